The van der Waals surface area contributed by atoms with E-state index < -0.39 is 0 Å². The van der Waals surface area contributed by atoms with Gasteiger partial charge in [-0.15, -0.1) is 0 Å². The Morgan fingerprint density at radius 2 is 1.37 bits per heavy atom. The van der Waals surface area contributed by atoms with Crippen LogP contribution in [0.1, 0.15) is 33.6 Å². The van der Waals surface area contributed by atoms with Gasteiger partial charge in [-0.1, -0.05) is 42.0 Å². The molecule has 2 aromatic heterocycles. The van der Waals surface area contributed by atoms with Gasteiger partial charge in [-0.05, 0) is 55.7 Å². The summed E-state index contributed by atoms with van der Waals surface area (Å²) < 4.78 is 0. The number of hydrogen-bond donors (Lipinski definition) is 1. The molecule has 0 aliphatic heterocycles. The number of hydrogen-bond acceptors (Lipinski definition) is 4. The van der Waals surface area contributed by atoms with Crippen molar-refractivity contribution in [1.29, 1.82) is 0 Å². The number of aliphatic imine (C=N–C) groups is 1. The van der Waals surface area contributed by atoms with Crippen LogP contribution in [0.25, 0.3) is 5.70 Å². The normalized spacial score (nSPS) is 12.3. The summed E-state index contributed by atoms with van der Waals surface area (Å²) >= 11 is 0. The molecule has 4 heteroatoms. The summed E-state index contributed by atoms with van der Waals surface area (Å²) in [7, 11) is 0. The average Bonchev–Trinajstić information content (AvgIpc) is 2.67. The number of benzene rings is 1. The molecule has 2 heterocycles. The lowest BCUT2D eigenvalue weighted by Gasteiger charge is -2.06. The Morgan fingerprint density at radius 3 is 1.93 bits per heavy atom. The van der Waals surface area contributed by atoms with Gasteiger partial charge >= 0.3 is 0 Å². The summed E-state index contributed by atoms with van der Waals surface area (Å²) in [6.45, 7) is 6.66. The molecular weight excluding hydrogens is 332 g/mol. The van der Waals surface area contributed by atoms with Crippen LogP contribution in [0.3, 0.4) is 0 Å². The Morgan fingerprint density at radius 1 is 0.815 bits per heavy atom. The Kier molecular flexibility index (Phi) is 5.77. The molecule has 0 saturated heterocycles. The van der Waals surface area contributed by atoms with Crippen LogP contribution in [-0.2, 0) is 6.54 Å². The average molecular weight is 356 g/mol. The van der Waals surface area contributed by atoms with Crippen LogP contribution < -0.4 is 5.73 Å². The summed E-state index contributed by atoms with van der Waals surface area (Å²) in [5.41, 5.74) is 13.7. The summed E-state index contributed by atoms with van der Waals surface area (Å²) in [4.78, 5) is 13.7. The van der Waals surface area contributed by atoms with Gasteiger partial charge in [-0.3, -0.25) is 15.0 Å². The zero-order valence-corrected chi connectivity index (χ0v) is 16.0. The van der Waals surface area contributed by atoms with Gasteiger partial charge < -0.3 is 5.73 Å². The maximum Gasteiger partial charge on any atom is 0.0882 e. The fourth-order valence-electron chi connectivity index (χ4n) is 2.55. The van der Waals surface area contributed by atoms with E-state index in [0.29, 0.717) is 12.2 Å². The second-order valence-corrected chi connectivity index (χ2v) is 6.73. The van der Waals surface area contributed by atoms with Crippen LogP contribution in [0.15, 0.2) is 72.0 Å². The molecule has 27 heavy (non-hydrogen) atoms. The zero-order chi connectivity index (χ0) is 19.2. The van der Waals surface area contributed by atoms with Gasteiger partial charge in [0.1, 0.15) is 0 Å². The monoisotopic (exact) mass is 356 g/mol. The Labute approximate surface area is 160 Å². The number of aryl methyl sites for hydroxylation is 3. The molecule has 0 aliphatic rings. The lowest BCUT2D eigenvalue weighted by molar-refractivity contribution is 1.06. The largest absolute Gasteiger partial charge is 0.397 e. The van der Waals surface area contributed by atoms with Gasteiger partial charge in [-0.25, -0.2) is 0 Å². The third-order valence-electron chi connectivity index (χ3n) is 4.23. The van der Waals surface area contributed by atoms with Crippen molar-refractivity contribution in [2.75, 3.05) is 0 Å². The summed E-state index contributed by atoms with van der Waals surface area (Å²) in [5.74, 6) is 0. The first kappa shape index (κ1) is 18.5. The SMILES string of the molecule is Cc1ccc(CN=C(/C=C(\N)c2ccc(C)cn2)c2ccc(C)cn2)cc1. The molecule has 0 saturated carbocycles. The molecule has 0 spiro atoms. The van der Waals surface area contributed by atoms with Crippen molar-refractivity contribution in [3.05, 3.63) is 101 Å². The van der Waals surface area contributed by atoms with Crippen LogP contribution in [0.2, 0.25) is 0 Å². The summed E-state index contributed by atoms with van der Waals surface area (Å²) in [6.07, 6.45) is 5.50. The fraction of sp³-hybridized carbons (Fsp3) is 0.174. The number of rotatable bonds is 5. The van der Waals surface area contributed by atoms with E-state index in [0.717, 1.165) is 33.8 Å². The third-order valence-corrected chi connectivity index (χ3v) is 4.23. The van der Waals surface area contributed by atoms with Crippen LogP contribution in [0.4, 0.5) is 0 Å². The molecular formula is C23H24N4. The van der Waals surface area contributed by atoms with Gasteiger partial charge in [0.15, 0.2) is 0 Å². The van der Waals surface area contributed by atoms with Crippen LogP contribution >= 0.6 is 0 Å². The molecule has 0 radical (unpaired) electrons. The van der Waals surface area contributed by atoms with E-state index in [-0.39, 0.29) is 0 Å². The molecule has 0 fully saturated rings. The van der Waals surface area contributed by atoms with E-state index >= 15 is 0 Å². The summed E-state index contributed by atoms with van der Waals surface area (Å²) in [6, 6.07) is 16.3. The van der Waals surface area contributed by atoms with Crippen molar-refractivity contribution < 1.29 is 0 Å². The van der Waals surface area contributed by atoms with Crippen molar-refractivity contribution in [3.63, 3.8) is 0 Å². The van der Waals surface area contributed by atoms with Gasteiger partial charge in [0.2, 0.25) is 0 Å². The smallest absolute Gasteiger partial charge is 0.0882 e. The molecule has 0 unspecified atom stereocenters. The zero-order valence-electron chi connectivity index (χ0n) is 16.0. The van der Waals surface area contributed by atoms with Gasteiger partial charge in [0.05, 0.1) is 29.3 Å². The van der Waals surface area contributed by atoms with Crippen molar-refractivity contribution in [2.45, 2.75) is 27.3 Å². The maximum absolute atomic E-state index is 6.29. The van der Waals surface area contributed by atoms with Crippen molar-refractivity contribution in [3.8, 4) is 0 Å². The fourth-order valence-corrected chi connectivity index (χ4v) is 2.55. The maximum atomic E-state index is 6.29. The van der Waals surface area contributed by atoms with Crippen molar-refractivity contribution in [1.82, 2.24) is 9.97 Å². The first-order valence-electron chi connectivity index (χ1n) is 8.94. The molecule has 4 nitrogen and oxygen atoms in total. The topological polar surface area (TPSA) is 64.2 Å². The minimum Gasteiger partial charge on any atom is -0.397 e. The molecule has 0 aliphatic carbocycles. The molecule has 0 atom stereocenters. The Bertz CT molecular complexity index is 951. The second-order valence-electron chi connectivity index (χ2n) is 6.73. The van der Waals surface area contributed by atoms with Crippen molar-refractivity contribution in [2.24, 2.45) is 10.7 Å². The molecule has 3 rings (SSSR count). The number of allylic oxidation sites excluding steroid dienone is 1. The minimum atomic E-state index is 0.566. The van der Waals surface area contributed by atoms with E-state index in [1.54, 1.807) is 0 Å². The highest BCUT2D eigenvalue weighted by atomic mass is 14.8. The quantitative estimate of drug-likeness (QED) is 0.690. The van der Waals surface area contributed by atoms with E-state index in [1.807, 2.05) is 56.6 Å². The van der Waals surface area contributed by atoms with Crippen LogP contribution in [0, 0.1) is 20.8 Å². The first-order valence-corrected chi connectivity index (χ1v) is 8.94. The predicted octanol–water partition coefficient (Wildman–Crippen LogP) is 4.39. The van der Waals surface area contributed by atoms with Crippen molar-refractivity contribution >= 4 is 11.4 Å². The van der Waals surface area contributed by atoms with E-state index in [4.69, 9.17) is 10.7 Å². The van der Waals surface area contributed by atoms with Gasteiger partial charge in [0, 0.05) is 12.4 Å². The Hall–Kier alpha value is -3.27. The van der Waals surface area contributed by atoms with E-state index in [1.165, 1.54) is 5.56 Å². The highest BCUT2D eigenvalue weighted by molar-refractivity contribution is 6.10. The lowest BCUT2D eigenvalue weighted by Crippen LogP contribution is -2.07. The van der Waals surface area contributed by atoms with Crippen LogP contribution in [0.5, 0.6) is 0 Å². The van der Waals surface area contributed by atoms with Crippen LogP contribution in [-0.4, -0.2) is 15.7 Å². The molecule has 0 bridgehead atoms. The minimum absolute atomic E-state index is 0.566. The number of aromatic nitrogens is 2. The van der Waals surface area contributed by atoms with Gasteiger partial charge in [-0.2, -0.15) is 0 Å². The second kappa shape index (κ2) is 8.41. The predicted molar refractivity (Wildman–Crippen MR) is 112 cm³/mol. The van der Waals surface area contributed by atoms with E-state index in [2.05, 4.69) is 41.2 Å². The first-order chi connectivity index (χ1) is 13.0. The molecule has 3 aromatic rings. The Balaban J connectivity index is 1.94. The standard InChI is InChI=1S/C23H24N4/c1-16-4-8-19(9-5-16)15-27-23(22-11-7-18(3)14-26-22)12-20(24)21-10-6-17(2)13-25-21/h4-14H,15,24H2,1-3H3/b20-12-,27-23?. The van der Waals surface area contributed by atoms with Gasteiger partial charge in [0.25, 0.3) is 0 Å². The highest BCUT2D eigenvalue weighted by Gasteiger charge is 2.06. The highest BCUT2D eigenvalue weighted by Crippen LogP contribution is 2.12. The number of pyridine rings is 2. The lowest BCUT2D eigenvalue weighted by atomic mass is 10.1. The summed E-state index contributed by atoms with van der Waals surface area (Å²) in [5, 5.41) is 0. The third kappa shape index (κ3) is 5.11. The molecule has 0 amide bonds. The molecule has 1 aromatic carbocycles. The molecule has 2 N–H and O–H groups in total. The van der Waals surface area contributed by atoms with E-state index in [9.17, 15) is 0 Å². The molecule has 136 valence electrons. The number of nitrogens with zero attached hydrogens (tertiary/aromatic N) is 3. The number of nitrogens with two attached hydrogens (primary N) is 1.